The molecule has 18 heavy (non-hydrogen) atoms. The number of ether oxygens (including phenoxy) is 1. The molecule has 0 unspecified atom stereocenters. The molecule has 0 aliphatic carbocycles. The fourth-order valence-corrected chi connectivity index (χ4v) is 1.84. The molecule has 1 aromatic rings. The highest BCUT2D eigenvalue weighted by atomic mass is 16.5. The van der Waals surface area contributed by atoms with Crippen molar-refractivity contribution in [2.24, 2.45) is 5.84 Å². The minimum atomic E-state index is -0.0437. The van der Waals surface area contributed by atoms with Crippen LogP contribution < -0.4 is 10.6 Å². The van der Waals surface area contributed by atoms with Crippen molar-refractivity contribution in [3.05, 3.63) is 28.8 Å². The van der Waals surface area contributed by atoms with E-state index in [2.05, 4.69) is 19.9 Å². The highest BCUT2D eigenvalue weighted by Gasteiger charge is 2.08. The van der Waals surface area contributed by atoms with E-state index in [1.165, 1.54) is 11.1 Å². The van der Waals surface area contributed by atoms with Gasteiger partial charge in [-0.2, -0.15) is 0 Å². The second kappa shape index (κ2) is 6.40. The minimum Gasteiger partial charge on any atom is -0.496 e. The molecule has 2 N–H and O–H groups in total. The van der Waals surface area contributed by atoms with Crippen LogP contribution in [0.2, 0.25) is 0 Å². The SMILES string of the molecule is COc1cc(C)c(C)cc1CCCC(=O)N(C)N. The first-order valence-corrected chi connectivity index (χ1v) is 6.11. The standard InChI is InChI=1S/C14H22N2O2/c1-10-8-12(13(18-4)9-11(10)2)6-5-7-14(17)16(3)15/h8-9H,5-7,15H2,1-4H3. The van der Waals surface area contributed by atoms with Gasteiger partial charge < -0.3 is 4.74 Å². The van der Waals surface area contributed by atoms with Crippen molar-refractivity contribution in [2.45, 2.75) is 33.1 Å². The summed E-state index contributed by atoms with van der Waals surface area (Å²) < 4.78 is 5.37. The number of nitrogens with two attached hydrogens (primary N) is 1. The maximum atomic E-state index is 11.4. The van der Waals surface area contributed by atoms with Gasteiger partial charge in [-0.25, -0.2) is 5.84 Å². The lowest BCUT2D eigenvalue weighted by atomic mass is 10.0. The van der Waals surface area contributed by atoms with Gasteiger partial charge in [-0.15, -0.1) is 0 Å². The summed E-state index contributed by atoms with van der Waals surface area (Å²) in [6.07, 6.45) is 2.06. The Morgan fingerprint density at radius 3 is 2.50 bits per heavy atom. The first-order valence-electron chi connectivity index (χ1n) is 6.11. The molecule has 0 heterocycles. The smallest absolute Gasteiger partial charge is 0.236 e. The van der Waals surface area contributed by atoms with E-state index in [-0.39, 0.29) is 5.91 Å². The Labute approximate surface area is 109 Å². The first-order chi connectivity index (χ1) is 8.45. The quantitative estimate of drug-likeness (QED) is 0.494. The van der Waals surface area contributed by atoms with E-state index in [0.29, 0.717) is 6.42 Å². The van der Waals surface area contributed by atoms with Gasteiger partial charge in [-0.05, 0) is 49.4 Å². The predicted molar refractivity (Wildman–Crippen MR) is 72.4 cm³/mol. The summed E-state index contributed by atoms with van der Waals surface area (Å²) >= 11 is 0. The minimum absolute atomic E-state index is 0.0437. The van der Waals surface area contributed by atoms with Crippen LogP contribution in [0.25, 0.3) is 0 Å². The van der Waals surface area contributed by atoms with Crippen LogP contribution in [0, 0.1) is 13.8 Å². The normalized spacial score (nSPS) is 10.3. The summed E-state index contributed by atoms with van der Waals surface area (Å²) in [7, 11) is 3.24. The van der Waals surface area contributed by atoms with Gasteiger partial charge in [0.15, 0.2) is 0 Å². The third kappa shape index (κ3) is 3.74. The lowest BCUT2D eigenvalue weighted by Gasteiger charge is -2.13. The Morgan fingerprint density at radius 1 is 1.33 bits per heavy atom. The van der Waals surface area contributed by atoms with Gasteiger partial charge in [0.2, 0.25) is 5.91 Å². The van der Waals surface area contributed by atoms with E-state index in [1.54, 1.807) is 14.2 Å². The average molecular weight is 250 g/mol. The number of amides is 1. The zero-order valence-corrected chi connectivity index (χ0v) is 11.6. The molecule has 0 atom stereocenters. The molecular weight excluding hydrogens is 228 g/mol. The van der Waals surface area contributed by atoms with Crippen molar-refractivity contribution in [2.75, 3.05) is 14.2 Å². The summed E-state index contributed by atoms with van der Waals surface area (Å²) in [4.78, 5) is 11.4. The van der Waals surface area contributed by atoms with Crippen molar-refractivity contribution < 1.29 is 9.53 Å². The molecule has 1 aromatic carbocycles. The highest BCUT2D eigenvalue weighted by molar-refractivity contribution is 5.75. The Kier molecular flexibility index (Phi) is 5.16. The van der Waals surface area contributed by atoms with Crippen LogP contribution in [0.1, 0.15) is 29.5 Å². The third-order valence-electron chi connectivity index (χ3n) is 3.13. The summed E-state index contributed by atoms with van der Waals surface area (Å²) in [5.41, 5.74) is 3.61. The van der Waals surface area contributed by atoms with Crippen LogP contribution in [0.5, 0.6) is 5.75 Å². The average Bonchev–Trinajstić information content (AvgIpc) is 2.32. The van der Waals surface area contributed by atoms with E-state index < -0.39 is 0 Å². The lowest BCUT2D eigenvalue weighted by Crippen LogP contribution is -2.32. The topological polar surface area (TPSA) is 55.6 Å². The van der Waals surface area contributed by atoms with Gasteiger partial charge >= 0.3 is 0 Å². The van der Waals surface area contributed by atoms with Crippen LogP contribution in [-0.4, -0.2) is 25.1 Å². The van der Waals surface area contributed by atoms with Crippen LogP contribution in [0.3, 0.4) is 0 Å². The van der Waals surface area contributed by atoms with Crippen molar-refractivity contribution in [3.8, 4) is 5.75 Å². The molecule has 0 aliphatic heterocycles. The molecule has 0 fully saturated rings. The zero-order chi connectivity index (χ0) is 13.7. The number of hydrogen-bond donors (Lipinski definition) is 1. The van der Waals surface area contributed by atoms with Crippen molar-refractivity contribution in [3.63, 3.8) is 0 Å². The van der Waals surface area contributed by atoms with E-state index in [1.807, 2.05) is 6.07 Å². The Hall–Kier alpha value is -1.55. The van der Waals surface area contributed by atoms with Crippen molar-refractivity contribution >= 4 is 5.91 Å². The second-order valence-electron chi connectivity index (χ2n) is 4.61. The molecule has 0 spiro atoms. The van der Waals surface area contributed by atoms with Crippen LogP contribution in [-0.2, 0) is 11.2 Å². The van der Waals surface area contributed by atoms with Gasteiger partial charge in [0, 0.05) is 13.5 Å². The monoisotopic (exact) mass is 250 g/mol. The molecule has 0 bridgehead atoms. The van der Waals surface area contributed by atoms with Gasteiger partial charge in [0.25, 0.3) is 0 Å². The molecule has 0 aromatic heterocycles. The lowest BCUT2D eigenvalue weighted by molar-refractivity contribution is -0.130. The molecule has 4 nitrogen and oxygen atoms in total. The number of methoxy groups -OCH3 is 1. The largest absolute Gasteiger partial charge is 0.496 e. The molecule has 0 radical (unpaired) electrons. The van der Waals surface area contributed by atoms with E-state index in [4.69, 9.17) is 10.6 Å². The Balaban J connectivity index is 2.67. The van der Waals surface area contributed by atoms with E-state index in [9.17, 15) is 4.79 Å². The summed E-state index contributed by atoms with van der Waals surface area (Å²) in [6.45, 7) is 4.14. The maximum Gasteiger partial charge on any atom is 0.236 e. The van der Waals surface area contributed by atoms with Gasteiger partial charge in [-0.1, -0.05) is 6.07 Å². The number of hydrogen-bond acceptors (Lipinski definition) is 3. The molecule has 4 heteroatoms. The molecule has 0 saturated carbocycles. The molecule has 0 saturated heterocycles. The summed E-state index contributed by atoms with van der Waals surface area (Å²) in [6, 6.07) is 4.17. The number of carbonyl (C=O) groups is 1. The van der Waals surface area contributed by atoms with Crippen molar-refractivity contribution in [1.29, 1.82) is 0 Å². The maximum absolute atomic E-state index is 11.4. The van der Waals surface area contributed by atoms with Gasteiger partial charge in [0.05, 0.1) is 7.11 Å². The van der Waals surface area contributed by atoms with Crippen molar-refractivity contribution in [1.82, 2.24) is 5.01 Å². The first kappa shape index (κ1) is 14.5. The van der Waals surface area contributed by atoms with Gasteiger partial charge in [0.1, 0.15) is 5.75 Å². The number of aryl methyl sites for hydroxylation is 3. The molecular formula is C14H22N2O2. The predicted octanol–water partition coefficient (Wildman–Crippen LogP) is 1.97. The second-order valence-corrected chi connectivity index (χ2v) is 4.61. The van der Waals surface area contributed by atoms with Crippen LogP contribution in [0.15, 0.2) is 12.1 Å². The fraction of sp³-hybridized carbons (Fsp3) is 0.500. The van der Waals surface area contributed by atoms with E-state index in [0.717, 1.165) is 29.2 Å². The third-order valence-corrected chi connectivity index (χ3v) is 3.13. The molecule has 1 rings (SSSR count). The summed E-state index contributed by atoms with van der Waals surface area (Å²) in [5, 5.41) is 1.14. The van der Waals surface area contributed by atoms with E-state index >= 15 is 0 Å². The zero-order valence-electron chi connectivity index (χ0n) is 11.6. The number of rotatable bonds is 5. The highest BCUT2D eigenvalue weighted by Crippen LogP contribution is 2.24. The number of carbonyl (C=O) groups excluding carboxylic acids is 1. The van der Waals surface area contributed by atoms with Crippen LogP contribution >= 0.6 is 0 Å². The van der Waals surface area contributed by atoms with Crippen LogP contribution in [0.4, 0.5) is 0 Å². The Bertz CT molecular complexity index is 428. The van der Waals surface area contributed by atoms with Gasteiger partial charge in [-0.3, -0.25) is 9.80 Å². The summed E-state index contributed by atoms with van der Waals surface area (Å²) in [5.74, 6) is 6.23. The Morgan fingerprint density at radius 2 is 1.94 bits per heavy atom. The number of benzene rings is 1. The fourth-order valence-electron chi connectivity index (χ4n) is 1.84. The molecule has 0 aliphatic rings. The molecule has 100 valence electrons. The molecule has 1 amide bonds. The number of hydrazine groups is 1. The number of nitrogens with zero attached hydrogens (tertiary/aromatic N) is 1.